The molecule has 2 rings (SSSR count). The van der Waals surface area contributed by atoms with Gasteiger partial charge in [-0.2, -0.15) is 0 Å². The van der Waals surface area contributed by atoms with Crippen LogP contribution in [0, 0.1) is 0 Å². The van der Waals surface area contributed by atoms with E-state index in [4.69, 9.17) is 22.3 Å². The fourth-order valence-corrected chi connectivity index (χ4v) is 0.999. The number of anilines is 1. The zero-order valence-electron chi connectivity index (χ0n) is 11.0. The van der Waals surface area contributed by atoms with Crippen LogP contribution in [0.15, 0.2) is 65.8 Å². The molecule has 0 amide bonds. The summed E-state index contributed by atoms with van der Waals surface area (Å²) < 4.78 is 0. The van der Waals surface area contributed by atoms with Crippen LogP contribution >= 0.6 is 0 Å². The molecule has 0 unspecified atom stereocenters. The molecule has 7 nitrogen and oxygen atoms in total. The predicted molar refractivity (Wildman–Crippen MR) is 76.2 cm³/mol. The van der Waals surface area contributed by atoms with Gasteiger partial charge in [0.15, 0.2) is 0 Å². The van der Waals surface area contributed by atoms with Gasteiger partial charge in [-0.3, -0.25) is 4.91 Å². The fraction of sp³-hybridized carbons (Fsp3) is 0. The molecule has 2 aromatic carbocycles. The molecule has 0 aliphatic heterocycles. The van der Waals surface area contributed by atoms with E-state index in [9.17, 15) is 0 Å². The van der Waals surface area contributed by atoms with Gasteiger partial charge in [-0.25, -0.2) is 0 Å². The summed E-state index contributed by atoms with van der Waals surface area (Å²) in [7, 11) is 0. The van der Waals surface area contributed by atoms with Crippen molar-refractivity contribution >= 4 is 11.4 Å². The van der Waals surface area contributed by atoms with Crippen molar-refractivity contribution in [3.05, 3.63) is 87.1 Å². The first-order valence-electron chi connectivity index (χ1n) is 5.13. The van der Waals surface area contributed by atoms with Crippen LogP contribution < -0.4 is 35.3 Å². The van der Waals surface area contributed by atoms with Gasteiger partial charge in [0.2, 0.25) is 0 Å². The second-order valence-electron chi connectivity index (χ2n) is 3.03. The van der Waals surface area contributed by atoms with Crippen LogP contribution in [0.2, 0.25) is 0 Å². The Bertz CT molecular complexity index is 532. The maximum absolute atomic E-state index is 7.98. The maximum atomic E-state index is 7.98. The van der Waals surface area contributed by atoms with Crippen LogP contribution in [0.1, 0.15) is 0 Å². The van der Waals surface area contributed by atoms with Crippen LogP contribution in [-0.2, 0) is 0 Å². The van der Waals surface area contributed by atoms with Crippen molar-refractivity contribution in [1.29, 1.82) is 0 Å². The Hall–Kier alpha value is -2.14. The Morgan fingerprint density at radius 2 is 1.20 bits per heavy atom. The number of nitrogen functional groups attached to an aromatic ring is 1. The number of hydrogen-bond donors (Lipinski definition) is 1. The first-order chi connectivity index (χ1) is 9.24. The molecule has 8 heteroatoms. The van der Waals surface area contributed by atoms with E-state index in [1.807, 2.05) is 48.5 Å². The van der Waals surface area contributed by atoms with Crippen molar-refractivity contribution in [2.45, 2.75) is 0 Å². The van der Waals surface area contributed by atoms with Crippen molar-refractivity contribution in [3.8, 4) is 0 Å². The molecule has 96 valence electrons. The maximum Gasteiger partial charge on any atom is 1.00 e. The second-order valence-corrected chi connectivity index (χ2v) is 3.03. The van der Waals surface area contributed by atoms with E-state index in [1.165, 1.54) is 4.91 Å². The molecule has 0 saturated heterocycles. The van der Waals surface area contributed by atoms with Gasteiger partial charge in [0.05, 0.1) is 0 Å². The molecular weight excluding hydrogens is 265 g/mol. The van der Waals surface area contributed by atoms with Gasteiger partial charge in [-0.1, -0.05) is 53.6 Å². The molecule has 0 radical (unpaired) electrons. The zero-order valence-corrected chi connectivity index (χ0v) is 13.0. The summed E-state index contributed by atoms with van der Waals surface area (Å²) in [6, 6.07) is 18.5. The molecule has 0 aliphatic rings. The third kappa shape index (κ3) is 12.3. The number of para-hydroxylation sites is 1. The third-order valence-electron chi connectivity index (χ3n) is 1.72. The van der Waals surface area contributed by atoms with Crippen molar-refractivity contribution in [3.63, 3.8) is 0 Å². The minimum absolute atomic E-state index is 0. The number of rotatable bonds is 1. The van der Waals surface area contributed by atoms with Crippen LogP contribution in [-0.4, -0.2) is 0 Å². The zero-order chi connectivity index (χ0) is 14.3. The van der Waals surface area contributed by atoms with Gasteiger partial charge >= 0.3 is 29.6 Å². The van der Waals surface area contributed by atoms with Crippen LogP contribution in [0.3, 0.4) is 0 Å². The molecule has 0 aliphatic carbocycles. The Labute approximate surface area is 138 Å². The van der Waals surface area contributed by atoms with Gasteiger partial charge in [-0.05, 0) is 17.7 Å². The number of azide groups is 1. The van der Waals surface area contributed by atoms with Gasteiger partial charge in [-0.15, -0.1) is 0 Å². The number of benzene rings is 2. The number of hydrogen-bond acceptors (Lipinski definition) is 2. The Morgan fingerprint density at radius 3 is 1.50 bits per heavy atom. The molecule has 0 fully saturated rings. The van der Waals surface area contributed by atoms with E-state index in [2.05, 4.69) is 10.0 Å². The SMILES string of the molecule is Nc1ccccc1.[N-]=[N+]=Nc1ccccc1.[N-]=[N+]=[N-].[Na+]. The monoisotopic (exact) mass is 277 g/mol. The molecule has 2 aromatic rings. The van der Waals surface area contributed by atoms with Crippen LogP contribution in [0.4, 0.5) is 11.4 Å². The summed E-state index contributed by atoms with van der Waals surface area (Å²) in [5.74, 6) is 0. The first kappa shape index (κ1) is 20.2. The van der Waals surface area contributed by atoms with E-state index in [1.54, 1.807) is 12.1 Å². The van der Waals surface area contributed by atoms with E-state index in [-0.39, 0.29) is 29.6 Å². The molecular formula is C12H12N7Na. The summed E-state index contributed by atoms with van der Waals surface area (Å²) >= 11 is 0. The Morgan fingerprint density at radius 1 is 0.800 bits per heavy atom. The van der Waals surface area contributed by atoms with Gasteiger partial charge in [0.1, 0.15) is 0 Å². The summed E-state index contributed by atoms with van der Waals surface area (Å²) in [5, 5.41) is 3.39. The standard InChI is InChI=1S/C6H5N3.C6H7N.N3.Na/c7-9-8-6-4-2-1-3-5-6;7-6-4-2-1-3-5-6;1-3-2;/h1-5H;1-5H,7H2;;/q;;-1;+1. The number of nitrogens with zero attached hydrogens (tertiary/aromatic N) is 6. The van der Waals surface area contributed by atoms with Crippen molar-refractivity contribution in [1.82, 2.24) is 0 Å². The molecule has 0 atom stereocenters. The van der Waals surface area contributed by atoms with Crippen LogP contribution in [0.5, 0.6) is 0 Å². The first-order valence-corrected chi connectivity index (χ1v) is 5.13. The summed E-state index contributed by atoms with van der Waals surface area (Å²) in [6.45, 7) is 0. The summed E-state index contributed by atoms with van der Waals surface area (Å²) in [5.41, 5.74) is 28.3. The minimum Gasteiger partial charge on any atom is -0.399 e. The smallest absolute Gasteiger partial charge is 0.399 e. The Balaban J connectivity index is 0. The molecule has 0 spiro atoms. The molecule has 0 heterocycles. The molecule has 2 N–H and O–H groups in total. The minimum atomic E-state index is 0. The van der Waals surface area contributed by atoms with E-state index >= 15 is 0 Å². The van der Waals surface area contributed by atoms with E-state index in [0.717, 1.165) is 5.69 Å². The average molecular weight is 277 g/mol. The summed E-state index contributed by atoms with van der Waals surface area (Å²) in [6.07, 6.45) is 0. The molecule has 0 bridgehead atoms. The topological polar surface area (TPSA) is 133 Å². The average Bonchev–Trinajstić information content (AvgIpc) is 2.43. The van der Waals surface area contributed by atoms with Crippen LogP contribution in [0.25, 0.3) is 26.4 Å². The fourth-order valence-electron chi connectivity index (χ4n) is 0.999. The van der Waals surface area contributed by atoms with Crippen molar-refractivity contribution < 1.29 is 29.6 Å². The third-order valence-corrected chi connectivity index (χ3v) is 1.72. The largest absolute Gasteiger partial charge is 1.00 e. The van der Waals surface area contributed by atoms with Crippen molar-refractivity contribution in [2.24, 2.45) is 5.11 Å². The van der Waals surface area contributed by atoms with Crippen molar-refractivity contribution in [2.75, 3.05) is 5.73 Å². The number of nitrogens with two attached hydrogens (primary N) is 1. The van der Waals surface area contributed by atoms with E-state index < -0.39 is 0 Å². The summed E-state index contributed by atoms with van der Waals surface area (Å²) in [4.78, 5) is 4.13. The van der Waals surface area contributed by atoms with E-state index in [0.29, 0.717) is 5.69 Å². The van der Waals surface area contributed by atoms with Gasteiger partial charge < -0.3 is 16.8 Å². The molecule has 0 aromatic heterocycles. The predicted octanol–water partition coefficient (Wildman–Crippen LogP) is 1.77. The quantitative estimate of drug-likeness (QED) is 0.274. The Kier molecular flexibility index (Phi) is 15.1. The normalized spacial score (nSPS) is 7.00. The second kappa shape index (κ2) is 14.9. The molecule has 0 saturated carbocycles. The van der Waals surface area contributed by atoms with Gasteiger partial charge in [0.25, 0.3) is 0 Å². The molecule has 20 heavy (non-hydrogen) atoms. The van der Waals surface area contributed by atoms with Gasteiger partial charge in [0, 0.05) is 16.3 Å².